The summed E-state index contributed by atoms with van der Waals surface area (Å²) in [7, 11) is 0. The van der Waals surface area contributed by atoms with E-state index >= 15 is 0 Å². The molecule has 156 valence electrons. The molecule has 0 unspecified atom stereocenters. The normalized spacial score (nSPS) is 20.7. The smallest absolute Gasteiger partial charge is 0.323 e. The molecular weight excluding hydrogens is 390 g/mol. The van der Waals surface area contributed by atoms with Crippen LogP contribution >= 0.6 is 0 Å². The Kier molecular flexibility index (Phi) is 5.67. The molecule has 5 nitrogen and oxygen atoms in total. The van der Waals surface area contributed by atoms with E-state index in [9.17, 15) is 14.4 Å². The molecule has 1 aliphatic rings. The molecule has 0 aromatic heterocycles. The highest BCUT2D eigenvalue weighted by Crippen LogP contribution is 2.50. The van der Waals surface area contributed by atoms with Gasteiger partial charge in [-0.1, -0.05) is 78.9 Å². The fourth-order valence-electron chi connectivity index (χ4n) is 4.32. The summed E-state index contributed by atoms with van der Waals surface area (Å²) in [6, 6.07) is 26.6. The van der Waals surface area contributed by atoms with E-state index in [0.29, 0.717) is 11.3 Å². The maximum absolute atomic E-state index is 13.6. The van der Waals surface area contributed by atoms with Crippen molar-refractivity contribution < 1.29 is 19.1 Å². The van der Waals surface area contributed by atoms with Gasteiger partial charge < -0.3 is 4.74 Å². The van der Waals surface area contributed by atoms with E-state index in [-0.39, 0.29) is 13.0 Å². The second kappa shape index (κ2) is 8.56. The van der Waals surface area contributed by atoms with Crippen LogP contribution in [0.1, 0.15) is 24.1 Å². The van der Waals surface area contributed by atoms with Crippen LogP contribution in [0.25, 0.3) is 0 Å². The van der Waals surface area contributed by atoms with Crippen molar-refractivity contribution in [2.24, 2.45) is 5.41 Å². The van der Waals surface area contributed by atoms with E-state index in [1.165, 1.54) is 4.90 Å². The molecule has 0 bridgehead atoms. The Bertz CT molecular complexity index is 1080. The van der Waals surface area contributed by atoms with Gasteiger partial charge in [-0.25, -0.2) is 0 Å². The van der Waals surface area contributed by atoms with Gasteiger partial charge in [-0.05, 0) is 36.6 Å². The molecule has 0 saturated carbocycles. The van der Waals surface area contributed by atoms with Gasteiger partial charge in [-0.2, -0.15) is 0 Å². The van der Waals surface area contributed by atoms with Gasteiger partial charge in [0.2, 0.25) is 5.78 Å². The topological polar surface area (TPSA) is 63.7 Å². The number of amides is 1. The zero-order valence-electron chi connectivity index (χ0n) is 17.2. The van der Waals surface area contributed by atoms with Crippen molar-refractivity contribution in [1.82, 2.24) is 0 Å². The minimum Gasteiger partial charge on any atom is -0.465 e. The van der Waals surface area contributed by atoms with Crippen LogP contribution in [0.3, 0.4) is 0 Å². The molecule has 31 heavy (non-hydrogen) atoms. The molecule has 1 saturated heterocycles. The zero-order chi connectivity index (χ0) is 21.8. The van der Waals surface area contributed by atoms with E-state index in [2.05, 4.69) is 0 Å². The second-order valence-electron chi connectivity index (χ2n) is 7.51. The number of ether oxygens (including phenoxy) is 1. The van der Waals surface area contributed by atoms with E-state index in [1.54, 1.807) is 31.2 Å². The number of carbonyl (C=O) groups excluding carboxylic acids is 3. The minimum absolute atomic E-state index is 0.0696. The highest BCUT2D eigenvalue weighted by molar-refractivity contribution is 6.49. The molecule has 0 N–H and O–H groups in total. The lowest BCUT2D eigenvalue weighted by Crippen LogP contribution is -2.45. The molecule has 1 amide bonds. The molecule has 0 radical (unpaired) electrons. The van der Waals surface area contributed by atoms with Crippen molar-refractivity contribution in [3.05, 3.63) is 102 Å². The van der Waals surface area contributed by atoms with E-state index in [1.807, 2.05) is 66.7 Å². The third kappa shape index (κ3) is 3.52. The molecule has 5 heteroatoms. The van der Waals surface area contributed by atoms with E-state index < -0.39 is 29.1 Å². The number of carbonyl (C=O) groups is 3. The summed E-state index contributed by atoms with van der Waals surface area (Å²) in [6.45, 7) is 1.81. The van der Waals surface area contributed by atoms with Crippen LogP contribution in [0.4, 0.5) is 5.69 Å². The summed E-state index contributed by atoms with van der Waals surface area (Å²) in [4.78, 5) is 41.9. The first kappa shape index (κ1) is 20.5. The van der Waals surface area contributed by atoms with Crippen molar-refractivity contribution in [3.63, 3.8) is 0 Å². The third-order valence-corrected chi connectivity index (χ3v) is 5.66. The van der Waals surface area contributed by atoms with Gasteiger partial charge in [-0.3, -0.25) is 19.3 Å². The Labute approximate surface area is 181 Å². The van der Waals surface area contributed by atoms with Crippen molar-refractivity contribution in [3.8, 4) is 0 Å². The molecule has 2 atom stereocenters. The number of anilines is 1. The van der Waals surface area contributed by atoms with Crippen LogP contribution in [-0.2, 0) is 25.5 Å². The van der Waals surface area contributed by atoms with Crippen LogP contribution in [0.2, 0.25) is 0 Å². The predicted molar refractivity (Wildman–Crippen MR) is 117 cm³/mol. The summed E-state index contributed by atoms with van der Waals surface area (Å²) in [5, 5.41) is 0. The average Bonchev–Trinajstić information content (AvgIpc) is 3.04. The van der Waals surface area contributed by atoms with Gasteiger partial charge in [0.05, 0.1) is 12.6 Å². The molecule has 3 aromatic rings. The molecule has 0 aliphatic carbocycles. The maximum atomic E-state index is 13.6. The van der Waals surface area contributed by atoms with Gasteiger partial charge in [0.1, 0.15) is 0 Å². The van der Waals surface area contributed by atoms with Gasteiger partial charge in [0.25, 0.3) is 5.91 Å². The molecular formula is C26H23NO4. The minimum atomic E-state index is -1.69. The number of Topliss-reactive ketones (excluding diaryl/α,β-unsaturated/α-hetero) is 1. The molecule has 1 aliphatic heterocycles. The van der Waals surface area contributed by atoms with E-state index in [4.69, 9.17) is 4.74 Å². The lowest BCUT2D eigenvalue weighted by atomic mass is 9.71. The SMILES string of the molecule is CCOC(=O)[C@@]1(Cc2ccccc2)C(=O)C(=O)N(c2ccccc2)[C@H]1c1ccccc1. The van der Waals surface area contributed by atoms with Gasteiger partial charge in [-0.15, -0.1) is 0 Å². The van der Waals surface area contributed by atoms with Crippen molar-refractivity contribution in [2.75, 3.05) is 11.5 Å². The molecule has 0 spiro atoms. The lowest BCUT2D eigenvalue weighted by Gasteiger charge is -2.35. The first-order valence-electron chi connectivity index (χ1n) is 10.3. The van der Waals surface area contributed by atoms with Crippen molar-refractivity contribution in [2.45, 2.75) is 19.4 Å². The number of hydrogen-bond acceptors (Lipinski definition) is 4. The first-order valence-corrected chi connectivity index (χ1v) is 10.3. The summed E-state index contributed by atoms with van der Waals surface area (Å²) in [6.07, 6.45) is 0.0696. The molecule has 3 aromatic carbocycles. The summed E-state index contributed by atoms with van der Waals surface area (Å²) in [5.74, 6) is -2.12. The Morgan fingerprint density at radius 2 is 1.42 bits per heavy atom. The standard InChI is InChI=1S/C26H23NO4/c1-2-31-25(30)26(18-19-12-6-3-7-13-19)22(20-14-8-4-9-15-20)27(24(29)23(26)28)21-16-10-5-11-17-21/h3-17,22H,2,18H2,1H3/t22-,26+/m0/s1. The van der Waals surface area contributed by atoms with Crippen LogP contribution < -0.4 is 4.90 Å². The van der Waals surface area contributed by atoms with Crippen LogP contribution in [0, 0.1) is 5.41 Å². The van der Waals surface area contributed by atoms with Gasteiger partial charge in [0.15, 0.2) is 5.41 Å². The Hall–Kier alpha value is -3.73. The Morgan fingerprint density at radius 1 is 0.871 bits per heavy atom. The fraction of sp³-hybridized carbons (Fsp3) is 0.192. The Morgan fingerprint density at radius 3 is 2.00 bits per heavy atom. The number of benzene rings is 3. The van der Waals surface area contributed by atoms with Crippen molar-refractivity contribution >= 4 is 23.3 Å². The van der Waals surface area contributed by atoms with Gasteiger partial charge >= 0.3 is 5.97 Å². The van der Waals surface area contributed by atoms with Gasteiger partial charge in [0, 0.05) is 5.69 Å². The zero-order valence-corrected chi connectivity index (χ0v) is 17.2. The van der Waals surface area contributed by atoms with Crippen LogP contribution in [0.15, 0.2) is 91.0 Å². The van der Waals surface area contributed by atoms with Crippen molar-refractivity contribution in [1.29, 1.82) is 0 Å². The maximum Gasteiger partial charge on any atom is 0.323 e. The molecule has 4 rings (SSSR count). The average molecular weight is 413 g/mol. The first-order chi connectivity index (χ1) is 15.1. The van der Waals surface area contributed by atoms with Crippen LogP contribution in [-0.4, -0.2) is 24.3 Å². The largest absolute Gasteiger partial charge is 0.465 e. The number of para-hydroxylation sites is 1. The Balaban J connectivity index is 1.96. The quantitative estimate of drug-likeness (QED) is 0.346. The monoisotopic (exact) mass is 413 g/mol. The summed E-state index contributed by atoms with van der Waals surface area (Å²) in [5.41, 5.74) is 0.363. The number of hydrogen-bond donors (Lipinski definition) is 0. The highest BCUT2D eigenvalue weighted by Gasteiger charge is 2.65. The fourth-order valence-corrected chi connectivity index (χ4v) is 4.32. The number of rotatable bonds is 6. The summed E-state index contributed by atoms with van der Waals surface area (Å²) >= 11 is 0. The highest BCUT2D eigenvalue weighted by atomic mass is 16.5. The number of nitrogens with zero attached hydrogens (tertiary/aromatic N) is 1. The third-order valence-electron chi connectivity index (χ3n) is 5.66. The summed E-state index contributed by atoms with van der Waals surface area (Å²) < 4.78 is 5.42. The number of esters is 1. The molecule has 1 heterocycles. The van der Waals surface area contributed by atoms with Crippen LogP contribution in [0.5, 0.6) is 0 Å². The predicted octanol–water partition coefficient (Wildman–Crippen LogP) is 4.14. The lowest BCUT2D eigenvalue weighted by molar-refractivity contribution is -0.161. The van der Waals surface area contributed by atoms with E-state index in [0.717, 1.165) is 5.56 Å². The molecule has 1 fully saturated rings. The second-order valence-corrected chi connectivity index (χ2v) is 7.51. The number of ketones is 1.